The molecular weight excluding hydrogens is 278 g/mol. The Hall–Kier alpha value is -2.74. The number of benzene rings is 1. The molecule has 1 heterocycles. The fraction of sp³-hybridized carbons (Fsp3) is 0.294. The fourth-order valence-electron chi connectivity index (χ4n) is 2.14. The normalized spacial score (nSPS) is 11.9. The van der Waals surface area contributed by atoms with Crippen LogP contribution in [-0.4, -0.2) is 22.7 Å². The van der Waals surface area contributed by atoms with Crippen molar-refractivity contribution in [3.63, 3.8) is 0 Å². The molecule has 1 N–H and O–H groups in total. The van der Waals surface area contributed by atoms with Gasteiger partial charge in [0.25, 0.3) is 5.91 Å². The lowest BCUT2D eigenvalue weighted by atomic mass is 9.99. The highest BCUT2D eigenvalue weighted by Gasteiger charge is 2.23. The minimum Gasteiger partial charge on any atom is -0.340 e. The number of aromatic nitrogens is 1. The van der Waals surface area contributed by atoms with Gasteiger partial charge in [0.2, 0.25) is 0 Å². The second-order valence-electron chi connectivity index (χ2n) is 5.33. The summed E-state index contributed by atoms with van der Waals surface area (Å²) in [6.07, 6.45) is -0.0453. The average Bonchev–Trinajstić information content (AvgIpc) is 2.53. The zero-order valence-corrected chi connectivity index (χ0v) is 12.5. The highest BCUT2D eigenvalue weighted by molar-refractivity contribution is 5.98. The third-order valence-electron chi connectivity index (χ3n) is 3.34. The number of nitrogens with one attached hydrogen (secondary N) is 1. The van der Waals surface area contributed by atoms with Gasteiger partial charge in [-0.1, -0.05) is 38.1 Å². The summed E-state index contributed by atoms with van der Waals surface area (Å²) in [5.41, 5.74) is 0.945. The van der Waals surface area contributed by atoms with E-state index < -0.39 is 11.9 Å². The predicted molar refractivity (Wildman–Crippen MR) is 83.1 cm³/mol. The first-order valence-electron chi connectivity index (χ1n) is 7.10. The van der Waals surface area contributed by atoms with Crippen molar-refractivity contribution in [2.24, 2.45) is 5.92 Å². The van der Waals surface area contributed by atoms with Crippen molar-refractivity contribution in [1.82, 2.24) is 10.3 Å². The van der Waals surface area contributed by atoms with Crippen LogP contribution in [0.1, 0.15) is 30.8 Å². The molecule has 5 nitrogen and oxygen atoms in total. The van der Waals surface area contributed by atoms with Gasteiger partial charge in [-0.15, -0.1) is 0 Å². The lowest BCUT2D eigenvalue weighted by Crippen LogP contribution is -2.42. The number of para-hydroxylation sites is 1. The van der Waals surface area contributed by atoms with E-state index in [1.165, 1.54) is 0 Å². The van der Waals surface area contributed by atoms with E-state index in [9.17, 15) is 9.59 Å². The molecule has 0 radical (unpaired) electrons. The van der Waals surface area contributed by atoms with Crippen LogP contribution in [0.25, 0.3) is 10.9 Å². The summed E-state index contributed by atoms with van der Waals surface area (Å²) in [5.74, 6) is -0.848. The van der Waals surface area contributed by atoms with Crippen LogP contribution in [0.2, 0.25) is 0 Å². The molecule has 0 aliphatic rings. The molecule has 0 saturated carbocycles. The second kappa shape index (κ2) is 6.81. The van der Waals surface area contributed by atoms with Crippen molar-refractivity contribution < 1.29 is 9.59 Å². The second-order valence-corrected chi connectivity index (χ2v) is 5.33. The first-order valence-corrected chi connectivity index (χ1v) is 7.10. The maximum absolute atomic E-state index is 12.3. The molecule has 0 spiro atoms. The monoisotopic (exact) mass is 295 g/mol. The van der Waals surface area contributed by atoms with E-state index in [0.29, 0.717) is 5.52 Å². The molecule has 0 fully saturated rings. The van der Waals surface area contributed by atoms with Gasteiger partial charge in [0.1, 0.15) is 11.7 Å². The van der Waals surface area contributed by atoms with Gasteiger partial charge in [0, 0.05) is 11.3 Å². The largest absolute Gasteiger partial charge is 0.340 e. The number of Topliss-reactive ketones (excluding diaryl/α,β-unsaturated/α-hetero) is 1. The SMILES string of the molecule is CC(C)C(=O)[C@H](CC#N)NC(=O)c1ccc2ccccc2n1. The van der Waals surface area contributed by atoms with E-state index in [-0.39, 0.29) is 23.8 Å². The molecular formula is C17H17N3O2. The van der Waals surface area contributed by atoms with Crippen molar-refractivity contribution in [2.45, 2.75) is 26.3 Å². The molecule has 1 amide bonds. The maximum Gasteiger partial charge on any atom is 0.270 e. The number of rotatable bonds is 5. The van der Waals surface area contributed by atoms with Gasteiger partial charge in [-0.25, -0.2) is 4.98 Å². The van der Waals surface area contributed by atoms with E-state index in [1.54, 1.807) is 26.0 Å². The highest BCUT2D eigenvalue weighted by atomic mass is 16.2. The number of hydrogen-bond donors (Lipinski definition) is 1. The van der Waals surface area contributed by atoms with Gasteiger partial charge >= 0.3 is 0 Å². The predicted octanol–water partition coefficient (Wildman–Crippen LogP) is 2.47. The Morgan fingerprint density at radius 2 is 1.95 bits per heavy atom. The third kappa shape index (κ3) is 3.47. The molecule has 112 valence electrons. The zero-order chi connectivity index (χ0) is 16.1. The van der Waals surface area contributed by atoms with Gasteiger partial charge in [-0.2, -0.15) is 5.26 Å². The van der Waals surface area contributed by atoms with Crippen LogP contribution in [0, 0.1) is 17.2 Å². The minimum absolute atomic E-state index is 0.0453. The summed E-state index contributed by atoms with van der Waals surface area (Å²) in [7, 11) is 0. The molecule has 0 unspecified atom stereocenters. The molecule has 2 aromatic rings. The average molecular weight is 295 g/mol. The van der Waals surface area contributed by atoms with E-state index in [4.69, 9.17) is 5.26 Å². The van der Waals surface area contributed by atoms with Crippen LogP contribution < -0.4 is 5.32 Å². The number of hydrogen-bond acceptors (Lipinski definition) is 4. The van der Waals surface area contributed by atoms with Crippen molar-refractivity contribution in [1.29, 1.82) is 5.26 Å². The Morgan fingerprint density at radius 1 is 1.23 bits per heavy atom. The van der Waals surface area contributed by atoms with E-state index in [0.717, 1.165) is 5.39 Å². The van der Waals surface area contributed by atoms with E-state index >= 15 is 0 Å². The van der Waals surface area contributed by atoms with E-state index in [1.807, 2.05) is 30.3 Å². The van der Waals surface area contributed by atoms with Gasteiger partial charge < -0.3 is 5.32 Å². The van der Waals surface area contributed by atoms with Crippen LogP contribution >= 0.6 is 0 Å². The number of fused-ring (bicyclic) bond motifs is 1. The number of pyridine rings is 1. The Morgan fingerprint density at radius 3 is 2.64 bits per heavy atom. The zero-order valence-electron chi connectivity index (χ0n) is 12.5. The summed E-state index contributed by atoms with van der Waals surface area (Å²) in [6, 6.07) is 12.0. The van der Waals surface area contributed by atoms with Crippen molar-refractivity contribution in [2.75, 3.05) is 0 Å². The van der Waals surface area contributed by atoms with Crippen LogP contribution in [-0.2, 0) is 4.79 Å². The summed E-state index contributed by atoms with van der Waals surface area (Å²) < 4.78 is 0. The standard InChI is InChI=1S/C17H17N3O2/c1-11(2)16(21)14(9-10-18)20-17(22)15-8-7-12-5-3-4-6-13(12)19-15/h3-8,11,14H,9H2,1-2H3,(H,20,22)/t14-/m0/s1. The Labute approximate surface area is 129 Å². The summed E-state index contributed by atoms with van der Waals surface area (Å²) >= 11 is 0. The lowest BCUT2D eigenvalue weighted by Gasteiger charge is -2.16. The highest BCUT2D eigenvalue weighted by Crippen LogP contribution is 2.12. The molecule has 1 aromatic heterocycles. The molecule has 1 atom stereocenters. The van der Waals surface area contributed by atoms with E-state index in [2.05, 4.69) is 10.3 Å². The molecule has 0 aliphatic heterocycles. The Kier molecular flexibility index (Phi) is 4.84. The molecule has 2 rings (SSSR count). The quantitative estimate of drug-likeness (QED) is 0.918. The van der Waals surface area contributed by atoms with Crippen LogP contribution in [0.3, 0.4) is 0 Å². The van der Waals surface area contributed by atoms with Gasteiger partial charge in [0.05, 0.1) is 18.0 Å². The van der Waals surface area contributed by atoms with Crippen molar-refractivity contribution in [3.05, 3.63) is 42.1 Å². The van der Waals surface area contributed by atoms with Crippen LogP contribution in [0.15, 0.2) is 36.4 Å². The van der Waals surface area contributed by atoms with Crippen LogP contribution in [0.4, 0.5) is 0 Å². The van der Waals surface area contributed by atoms with Crippen molar-refractivity contribution >= 4 is 22.6 Å². The Bertz CT molecular complexity index is 747. The van der Waals surface area contributed by atoms with Crippen LogP contribution in [0.5, 0.6) is 0 Å². The Balaban J connectivity index is 2.21. The number of amides is 1. The molecule has 0 aliphatic carbocycles. The smallest absolute Gasteiger partial charge is 0.270 e. The number of carbonyl (C=O) groups is 2. The van der Waals surface area contributed by atoms with Gasteiger partial charge in [-0.3, -0.25) is 9.59 Å². The number of ketones is 1. The number of carbonyl (C=O) groups excluding carboxylic acids is 2. The lowest BCUT2D eigenvalue weighted by molar-refractivity contribution is -0.123. The van der Waals surface area contributed by atoms with Crippen molar-refractivity contribution in [3.8, 4) is 6.07 Å². The number of nitrogens with zero attached hydrogens (tertiary/aromatic N) is 2. The molecule has 22 heavy (non-hydrogen) atoms. The third-order valence-corrected chi connectivity index (χ3v) is 3.34. The first kappa shape index (κ1) is 15.6. The van der Waals surface area contributed by atoms with Gasteiger partial charge in [0.15, 0.2) is 5.78 Å². The molecule has 1 aromatic carbocycles. The molecule has 5 heteroatoms. The fourth-order valence-corrected chi connectivity index (χ4v) is 2.14. The molecule has 0 saturated heterocycles. The summed E-state index contributed by atoms with van der Waals surface area (Å²) in [6.45, 7) is 3.49. The summed E-state index contributed by atoms with van der Waals surface area (Å²) in [4.78, 5) is 28.6. The topological polar surface area (TPSA) is 82.9 Å². The maximum atomic E-state index is 12.3. The first-order chi connectivity index (χ1) is 10.5. The minimum atomic E-state index is -0.800. The van der Waals surface area contributed by atoms with Gasteiger partial charge in [-0.05, 0) is 12.1 Å². The summed E-state index contributed by atoms with van der Waals surface area (Å²) in [5, 5.41) is 12.4. The number of nitriles is 1. The molecule has 0 bridgehead atoms.